The topological polar surface area (TPSA) is 130 Å². The smallest absolute Gasteiger partial charge is 0.198 e. The van der Waals surface area contributed by atoms with E-state index in [0.29, 0.717) is 29.3 Å². The number of carbonyl (C=O) groups is 2. The van der Waals surface area contributed by atoms with Gasteiger partial charge in [-0.2, -0.15) is 0 Å². The minimum Gasteiger partial charge on any atom is -0.545 e. The van der Waals surface area contributed by atoms with E-state index < -0.39 is 11.8 Å². The summed E-state index contributed by atoms with van der Waals surface area (Å²) in [6.45, 7) is 8.35. The molecule has 4 heterocycles. The largest absolute Gasteiger partial charge is 0.545 e. The van der Waals surface area contributed by atoms with Crippen molar-refractivity contribution in [3.63, 3.8) is 0 Å². The number of aromatic carboxylic acids is 1. The molecule has 7 atom stereocenters. The summed E-state index contributed by atoms with van der Waals surface area (Å²) in [4.78, 5) is 32.7. The van der Waals surface area contributed by atoms with Gasteiger partial charge in [0.25, 0.3) is 0 Å². The summed E-state index contributed by atoms with van der Waals surface area (Å²) in [5.41, 5.74) is 1.61. The van der Waals surface area contributed by atoms with E-state index in [1.54, 1.807) is 31.4 Å². The summed E-state index contributed by atoms with van der Waals surface area (Å²) in [5.74, 6) is -1.53. The Balaban J connectivity index is 1.38. The number of H-pyrrole nitrogens is 1. The molecule has 2 aromatic heterocycles. The Bertz CT molecular complexity index is 1380. The Labute approximate surface area is 236 Å². The SMILES string of the molecule is CNc1ccc2oc(C[C@@H]3O[C@]4(CC[C@H]3C)OC([C@@H](C)C(=O)c3cc(Br)c[nH]3)[C@H](C)C[C@@H]4C)nc2c1C(=O)[O-]. The second kappa shape index (κ2) is 10.7. The van der Waals surface area contributed by atoms with Crippen LogP contribution in [0, 0.1) is 23.7 Å². The maximum Gasteiger partial charge on any atom is 0.198 e. The molecule has 2 aliphatic rings. The van der Waals surface area contributed by atoms with Gasteiger partial charge in [0.05, 0.1) is 35.9 Å². The van der Waals surface area contributed by atoms with Crippen LogP contribution >= 0.6 is 15.9 Å². The maximum atomic E-state index is 13.3. The van der Waals surface area contributed by atoms with Crippen LogP contribution in [-0.4, -0.2) is 46.8 Å². The van der Waals surface area contributed by atoms with Crippen molar-refractivity contribution in [2.45, 2.75) is 71.4 Å². The van der Waals surface area contributed by atoms with Crippen LogP contribution in [0.3, 0.4) is 0 Å². The lowest BCUT2D eigenvalue weighted by Crippen LogP contribution is -2.58. The number of aromatic amines is 1. The number of benzene rings is 1. The molecule has 0 aliphatic carbocycles. The first kappa shape index (κ1) is 27.9. The van der Waals surface area contributed by atoms with Crippen LogP contribution in [0.25, 0.3) is 11.1 Å². The third-order valence-electron chi connectivity index (χ3n) is 8.58. The average molecular weight is 602 g/mol. The van der Waals surface area contributed by atoms with Gasteiger partial charge in [0.2, 0.25) is 0 Å². The van der Waals surface area contributed by atoms with Crippen molar-refractivity contribution >= 4 is 44.5 Å². The van der Waals surface area contributed by atoms with Crippen LogP contribution in [0.5, 0.6) is 0 Å². The Morgan fingerprint density at radius 3 is 2.69 bits per heavy atom. The van der Waals surface area contributed by atoms with Crippen LogP contribution in [-0.2, 0) is 15.9 Å². The van der Waals surface area contributed by atoms with Gasteiger partial charge in [0, 0.05) is 41.7 Å². The summed E-state index contributed by atoms with van der Waals surface area (Å²) < 4.78 is 20.4. The molecule has 1 unspecified atom stereocenters. The monoisotopic (exact) mass is 600 g/mol. The molecule has 0 bridgehead atoms. The summed E-state index contributed by atoms with van der Waals surface area (Å²) in [6.07, 6.45) is 4.09. The number of oxazole rings is 1. The molecule has 0 saturated carbocycles. The number of fused-ring (bicyclic) bond motifs is 1. The Hall–Kier alpha value is -2.69. The molecule has 10 heteroatoms. The van der Waals surface area contributed by atoms with Crippen LogP contribution in [0.15, 0.2) is 33.3 Å². The van der Waals surface area contributed by atoms with Crippen molar-refractivity contribution < 1.29 is 28.6 Å². The normalized spacial score (nSPS) is 29.9. The van der Waals surface area contributed by atoms with Crippen LogP contribution < -0.4 is 10.4 Å². The molecule has 2 N–H and O–H groups in total. The van der Waals surface area contributed by atoms with Gasteiger partial charge in [-0.3, -0.25) is 4.79 Å². The zero-order valence-electron chi connectivity index (χ0n) is 22.9. The number of hydrogen-bond donors (Lipinski definition) is 2. The lowest BCUT2D eigenvalue weighted by atomic mass is 9.75. The quantitative estimate of drug-likeness (QED) is 0.364. The second-order valence-electron chi connectivity index (χ2n) is 11.2. The number of hydrogen-bond acceptors (Lipinski definition) is 8. The zero-order valence-corrected chi connectivity index (χ0v) is 24.5. The molecular formula is C29H35BrN3O6-. The first-order valence-corrected chi connectivity index (χ1v) is 14.4. The Kier molecular flexibility index (Phi) is 7.65. The van der Waals surface area contributed by atoms with Gasteiger partial charge in [-0.15, -0.1) is 0 Å². The summed E-state index contributed by atoms with van der Waals surface area (Å²) in [6, 6.07) is 5.14. The minimum absolute atomic E-state index is 0.0131. The summed E-state index contributed by atoms with van der Waals surface area (Å²) in [7, 11) is 1.65. The number of Topliss-reactive ketones (excluding diaryl/α,β-unsaturated/α-hetero) is 1. The predicted octanol–water partition coefficient (Wildman–Crippen LogP) is 4.96. The lowest BCUT2D eigenvalue weighted by Gasteiger charge is -2.53. The van der Waals surface area contributed by atoms with Crippen molar-refractivity contribution in [3.8, 4) is 0 Å². The van der Waals surface area contributed by atoms with E-state index in [4.69, 9.17) is 13.9 Å². The average Bonchev–Trinajstić information content (AvgIpc) is 3.52. The fraction of sp³-hybridized carbons (Fsp3) is 0.552. The van der Waals surface area contributed by atoms with Gasteiger partial charge < -0.3 is 34.1 Å². The fourth-order valence-corrected chi connectivity index (χ4v) is 6.63. The number of ketones is 1. The van der Waals surface area contributed by atoms with E-state index in [0.717, 1.165) is 23.7 Å². The Morgan fingerprint density at radius 1 is 1.26 bits per heavy atom. The number of anilines is 1. The van der Waals surface area contributed by atoms with Crippen molar-refractivity contribution in [1.29, 1.82) is 0 Å². The maximum absolute atomic E-state index is 13.3. The van der Waals surface area contributed by atoms with E-state index in [2.05, 4.69) is 52.0 Å². The molecule has 3 aromatic rings. The molecular weight excluding hydrogens is 566 g/mol. The molecule has 39 heavy (non-hydrogen) atoms. The highest BCUT2D eigenvalue weighted by Gasteiger charge is 2.52. The molecule has 9 nitrogen and oxygen atoms in total. The summed E-state index contributed by atoms with van der Waals surface area (Å²) >= 11 is 3.41. The van der Waals surface area contributed by atoms with Gasteiger partial charge >= 0.3 is 0 Å². The molecule has 5 rings (SSSR count). The molecule has 0 radical (unpaired) electrons. The highest BCUT2D eigenvalue weighted by atomic mass is 79.9. The first-order chi connectivity index (χ1) is 18.5. The molecule has 1 spiro atoms. The van der Waals surface area contributed by atoms with Gasteiger partial charge in [-0.1, -0.05) is 27.7 Å². The van der Waals surface area contributed by atoms with E-state index in [1.165, 1.54) is 0 Å². The highest BCUT2D eigenvalue weighted by Crippen LogP contribution is 2.48. The van der Waals surface area contributed by atoms with Gasteiger partial charge in [-0.25, -0.2) is 4.98 Å². The van der Waals surface area contributed by atoms with Crippen LogP contribution in [0.1, 0.15) is 73.7 Å². The first-order valence-electron chi connectivity index (χ1n) is 13.6. The molecule has 1 aromatic carbocycles. The lowest BCUT2D eigenvalue weighted by molar-refractivity contribution is -0.355. The van der Waals surface area contributed by atoms with Crippen molar-refractivity contribution in [2.24, 2.45) is 23.7 Å². The molecule has 2 fully saturated rings. The van der Waals surface area contributed by atoms with Gasteiger partial charge in [0.1, 0.15) is 5.52 Å². The molecule has 0 amide bonds. The summed E-state index contributed by atoms with van der Waals surface area (Å²) in [5, 5.41) is 14.7. The number of carbonyl (C=O) groups excluding carboxylic acids is 2. The molecule has 210 valence electrons. The zero-order chi connectivity index (χ0) is 28.1. The van der Waals surface area contributed by atoms with E-state index in [1.807, 2.05) is 6.92 Å². The van der Waals surface area contributed by atoms with E-state index in [-0.39, 0.29) is 52.7 Å². The van der Waals surface area contributed by atoms with Crippen molar-refractivity contribution in [3.05, 3.63) is 46.0 Å². The molecule has 2 aliphatic heterocycles. The van der Waals surface area contributed by atoms with Gasteiger partial charge in [0.15, 0.2) is 23.0 Å². The van der Waals surface area contributed by atoms with Gasteiger partial charge in [-0.05, 0) is 58.8 Å². The molecule has 2 saturated heterocycles. The van der Waals surface area contributed by atoms with Crippen LogP contribution in [0.2, 0.25) is 0 Å². The number of ether oxygens (including phenoxy) is 2. The number of aromatic nitrogens is 2. The number of nitrogens with one attached hydrogen (secondary N) is 2. The number of halogens is 1. The number of rotatable bonds is 7. The highest BCUT2D eigenvalue weighted by molar-refractivity contribution is 9.10. The van der Waals surface area contributed by atoms with Crippen molar-refractivity contribution in [1.82, 2.24) is 9.97 Å². The van der Waals surface area contributed by atoms with E-state index in [9.17, 15) is 14.7 Å². The third-order valence-corrected chi connectivity index (χ3v) is 9.04. The number of nitrogens with zero attached hydrogens (tertiary/aromatic N) is 1. The van der Waals surface area contributed by atoms with Crippen molar-refractivity contribution in [2.75, 3.05) is 12.4 Å². The predicted molar refractivity (Wildman–Crippen MR) is 147 cm³/mol. The minimum atomic E-state index is -1.31. The number of carboxylic acids is 1. The third kappa shape index (κ3) is 5.14. The van der Waals surface area contributed by atoms with Crippen LogP contribution in [0.4, 0.5) is 5.69 Å². The fourth-order valence-electron chi connectivity index (χ4n) is 6.29. The second-order valence-corrected chi connectivity index (χ2v) is 12.2. The Morgan fingerprint density at radius 2 is 2.03 bits per heavy atom. The van der Waals surface area contributed by atoms with E-state index >= 15 is 0 Å². The number of carboxylic acid groups (broad SMARTS) is 1. The standard InChI is InChI=1S/C29H36BrN3O6/c1-14-8-9-29(16(3)10-15(2)27(39-29)17(4)26(34)20-11-18(30)13-32-20)38-22(14)12-23-33-25-21(37-23)7-6-19(31-5)24(25)28(35)36/h6-7,11,13-17,22,27,31-32H,8-10,12H2,1-5H3,(H,35,36)/p-1/t14-,15-,16+,17+,22+,27?,29-/m1/s1.